The predicted octanol–water partition coefficient (Wildman–Crippen LogP) is 0.370. The first-order valence-corrected chi connectivity index (χ1v) is 6.73. The van der Waals surface area contributed by atoms with Crippen LogP contribution in [0, 0.1) is 5.92 Å². The molecule has 0 spiro atoms. The summed E-state index contributed by atoms with van der Waals surface area (Å²) in [4.78, 5) is 27.7. The molecule has 8 heteroatoms. The molecular weight excluding hydrogens is 282 g/mol. The molecule has 0 radical (unpaired) electrons. The number of hydrogen-bond donors (Lipinski definition) is 3. The number of amides is 1. The van der Waals surface area contributed by atoms with Crippen molar-refractivity contribution in [3.8, 4) is 0 Å². The van der Waals surface area contributed by atoms with E-state index in [1.54, 1.807) is 20.8 Å². The number of ether oxygens (including phenoxy) is 1. The monoisotopic (exact) mass is 305 g/mol. The van der Waals surface area contributed by atoms with Crippen molar-refractivity contribution in [3.05, 3.63) is 0 Å². The number of carboxylic acid groups (broad SMARTS) is 1. The Bertz CT molecular complexity index is 392. The largest absolute Gasteiger partial charge is 0.463 e. The second kappa shape index (κ2) is 6.59. The molecule has 4 unspecified atom stereocenters. The van der Waals surface area contributed by atoms with Gasteiger partial charge in [0.15, 0.2) is 0 Å². The number of aliphatic hydroxyl groups is 2. The third-order valence-electron chi connectivity index (χ3n) is 3.33. The summed E-state index contributed by atoms with van der Waals surface area (Å²) < 4.78 is 5.19. The summed E-state index contributed by atoms with van der Waals surface area (Å²) >= 11 is 0. The Morgan fingerprint density at radius 1 is 1.14 bits per heavy atom. The van der Waals surface area contributed by atoms with E-state index >= 15 is 0 Å². The van der Waals surface area contributed by atoms with Gasteiger partial charge in [0.2, 0.25) is 0 Å². The van der Waals surface area contributed by atoms with E-state index < -0.39 is 41.8 Å². The molecule has 1 amide bonds. The summed E-state index contributed by atoms with van der Waals surface area (Å²) in [6.07, 6.45) is -3.82. The van der Waals surface area contributed by atoms with Gasteiger partial charge in [-0.2, -0.15) is 5.06 Å². The van der Waals surface area contributed by atoms with Crippen LogP contribution in [0.25, 0.3) is 0 Å². The van der Waals surface area contributed by atoms with E-state index in [0.29, 0.717) is 5.06 Å². The average molecular weight is 305 g/mol. The molecule has 8 nitrogen and oxygen atoms in total. The van der Waals surface area contributed by atoms with E-state index in [-0.39, 0.29) is 12.8 Å². The van der Waals surface area contributed by atoms with Gasteiger partial charge in [-0.1, -0.05) is 0 Å². The van der Waals surface area contributed by atoms with Crippen LogP contribution in [0.15, 0.2) is 0 Å². The van der Waals surface area contributed by atoms with Gasteiger partial charge in [0.05, 0.1) is 25.2 Å². The zero-order chi connectivity index (χ0) is 16.4. The van der Waals surface area contributed by atoms with E-state index in [9.17, 15) is 19.8 Å². The highest BCUT2D eigenvalue weighted by Gasteiger charge is 2.46. The van der Waals surface area contributed by atoms with Crippen molar-refractivity contribution in [2.45, 2.75) is 57.5 Å². The third-order valence-corrected chi connectivity index (χ3v) is 3.33. The average Bonchev–Trinajstić information content (AvgIpc) is 2.32. The van der Waals surface area contributed by atoms with Crippen molar-refractivity contribution in [2.75, 3.05) is 7.11 Å². The van der Waals surface area contributed by atoms with E-state index in [2.05, 4.69) is 0 Å². The highest BCUT2D eigenvalue weighted by Crippen LogP contribution is 2.30. The Balaban J connectivity index is 2.79. The molecule has 1 saturated carbocycles. The molecular formula is C13H23NO7. The Morgan fingerprint density at radius 2 is 1.71 bits per heavy atom. The number of carbonyl (C=O) groups excluding carboxylic acids is 1. The van der Waals surface area contributed by atoms with Crippen LogP contribution >= 0.6 is 0 Å². The number of hydrogen-bond acceptors (Lipinski definition) is 6. The highest BCUT2D eigenvalue weighted by atomic mass is 16.7. The van der Waals surface area contributed by atoms with Gasteiger partial charge in [-0.15, -0.1) is 0 Å². The maximum atomic E-state index is 12.0. The first kappa shape index (κ1) is 17.7. The topological polar surface area (TPSA) is 117 Å². The summed E-state index contributed by atoms with van der Waals surface area (Å²) in [5.74, 6) is -1.49. The van der Waals surface area contributed by atoms with E-state index in [0.717, 1.165) is 7.11 Å². The predicted molar refractivity (Wildman–Crippen MR) is 71.2 cm³/mol. The summed E-state index contributed by atoms with van der Waals surface area (Å²) in [6, 6.07) is -0.929. The number of rotatable bonds is 3. The maximum absolute atomic E-state index is 12.0. The van der Waals surface area contributed by atoms with Gasteiger partial charge >= 0.3 is 12.1 Å². The van der Waals surface area contributed by atoms with Crippen LogP contribution in [0.2, 0.25) is 0 Å². The lowest BCUT2D eigenvalue weighted by Crippen LogP contribution is -2.57. The Morgan fingerprint density at radius 3 is 2.14 bits per heavy atom. The number of hydroxylamine groups is 2. The van der Waals surface area contributed by atoms with Crippen LogP contribution in [0.4, 0.5) is 4.79 Å². The molecule has 0 aromatic carbocycles. The van der Waals surface area contributed by atoms with Crippen molar-refractivity contribution in [1.29, 1.82) is 0 Å². The minimum atomic E-state index is -1.42. The Labute approximate surface area is 123 Å². The molecule has 1 aliphatic rings. The van der Waals surface area contributed by atoms with Crippen LogP contribution < -0.4 is 0 Å². The molecule has 1 aliphatic carbocycles. The van der Waals surface area contributed by atoms with Gasteiger partial charge in [0.25, 0.3) is 0 Å². The van der Waals surface area contributed by atoms with E-state index in [4.69, 9.17) is 14.7 Å². The SMILES string of the molecule is CON(C(=O)O)C1CCC(C(=O)OC(C)(C)C)C(O)C1O. The van der Waals surface area contributed by atoms with Crippen molar-refractivity contribution in [3.63, 3.8) is 0 Å². The quantitative estimate of drug-likeness (QED) is 0.509. The summed E-state index contributed by atoms with van der Waals surface area (Å²) in [6.45, 7) is 5.11. The normalized spacial score (nSPS) is 29.8. The van der Waals surface area contributed by atoms with Gasteiger partial charge in [0.1, 0.15) is 11.7 Å². The molecule has 122 valence electrons. The zero-order valence-electron chi connectivity index (χ0n) is 12.6. The first-order valence-electron chi connectivity index (χ1n) is 6.73. The van der Waals surface area contributed by atoms with Crippen LogP contribution in [-0.2, 0) is 14.4 Å². The molecule has 0 saturated heterocycles. The smallest absolute Gasteiger partial charge is 0.431 e. The molecule has 1 rings (SSSR count). The maximum Gasteiger partial charge on any atom is 0.431 e. The van der Waals surface area contributed by atoms with Gasteiger partial charge in [-0.3, -0.25) is 9.63 Å². The van der Waals surface area contributed by atoms with Gasteiger partial charge in [-0.25, -0.2) is 4.79 Å². The summed E-state index contributed by atoms with van der Waals surface area (Å²) in [5, 5.41) is 29.7. The van der Waals surface area contributed by atoms with Crippen LogP contribution in [0.5, 0.6) is 0 Å². The minimum absolute atomic E-state index is 0.183. The summed E-state index contributed by atoms with van der Waals surface area (Å²) in [7, 11) is 1.16. The summed E-state index contributed by atoms with van der Waals surface area (Å²) in [5.41, 5.74) is -0.696. The minimum Gasteiger partial charge on any atom is -0.463 e. The fraction of sp³-hybridized carbons (Fsp3) is 0.846. The van der Waals surface area contributed by atoms with Crippen molar-refractivity contribution in [2.24, 2.45) is 5.92 Å². The molecule has 0 aromatic heterocycles. The first-order chi connectivity index (χ1) is 9.58. The van der Waals surface area contributed by atoms with Crippen molar-refractivity contribution in [1.82, 2.24) is 5.06 Å². The Hall–Kier alpha value is -1.38. The zero-order valence-corrected chi connectivity index (χ0v) is 12.6. The van der Waals surface area contributed by atoms with Gasteiger partial charge < -0.3 is 20.1 Å². The molecule has 21 heavy (non-hydrogen) atoms. The molecule has 3 N–H and O–H groups in total. The van der Waals surface area contributed by atoms with Crippen LogP contribution in [0.1, 0.15) is 33.6 Å². The molecule has 0 aromatic rings. The van der Waals surface area contributed by atoms with E-state index in [1.807, 2.05) is 0 Å². The fourth-order valence-electron chi connectivity index (χ4n) is 2.40. The number of esters is 1. The standard InChI is InChI=1S/C13H23NO7/c1-13(2,3)21-11(17)7-5-6-8(10(16)9(7)15)14(20-4)12(18)19/h7-10,15-16H,5-6H2,1-4H3,(H,18,19). The Kier molecular flexibility index (Phi) is 5.54. The number of nitrogens with zero attached hydrogens (tertiary/aromatic N) is 1. The third kappa shape index (κ3) is 4.29. The molecule has 1 fully saturated rings. The lowest BCUT2D eigenvalue weighted by Gasteiger charge is -2.40. The highest BCUT2D eigenvalue weighted by molar-refractivity contribution is 5.74. The van der Waals surface area contributed by atoms with Crippen molar-refractivity contribution < 1.29 is 34.5 Å². The lowest BCUT2D eigenvalue weighted by molar-refractivity contribution is -0.198. The van der Waals surface area contributed by atoms with Gasteiger partial charge in [-0.05, 0) is 33.6 Å². The van der Waals surface area contributed by atoms with Crippen molar-refractivity contribution >= 4 is 12.1 Å². The molecule has 0 bridgehead atoms. The second-order valence-electron chi connectivity index (χ2n) is 6.06. The molecule has 0 aliphatic heterocycles. The molecule has 4 atom stereocenters. The number of aliphatic hydroxyl groups excluding tert-OH is 2. The number of carbonyl (C=O) groups is 2. The van der Waals surface area contributed by atoms with Crippen LogP contribution in [0.3, 0.4) is 0 Å². The van der Waals surface area contributed by atoms with Gasteiger partial charge in [0, 0.05) is 0 Å². The second-order valence-corrected chi connectivity index (χ2v) is 6.06. The van der Waals surface area contributed by atoms with Crippen LogP contribution in [-0.4, -0.2) is 63.4 Å². The fourth-order valence-corrected chi connectivity index (χ4v) is 2.40. The molecule has 0 heterocycles. The lowest BCUT2D eigenvalue weighted by atomic mass is 9.81. The van der Waals surface area contributed by atoms with E-state index in [1.165, 1.54) is 0 Å².